The Morgan fingerprint density at radius 2 is 1.89 bits per heavy atom. The van der Waals surface area contributed by atoms with E-state index in [1.807, 2.05) is 6.92 Å². The summed E-state index contributed by atoms with van der Waals surface area (Å²) in [5, 5.41) is 12.5. The number of carbonyl (C=O) groups excluding carboxylic acids is 1. The first-order valence-corrected chi connectivity index (χ1v) is 8.54. The largest absolute Gasteiger partial charge is 0.478 e. The molecule has 0 bridgehead atoms. The number of carbonyl (C=O) groups is 2. The van der Waals surface area contributed by atoms with Crippen LogP contribution in [0.5, 0.6) is 0 Å². The van der Waals surface area contributed by atoms with Crippen molar-refractivity contribution in [2.75, 3.05) is 6.54 Å². The summed E-state index contributed by atoms with van der Waals surface area (Å²) in [7, 11) is 0. The number of hydrogen-bond acceptors (Lipinski definition) is 3. The number of alkyl halides is 3. The average Bonchev–Trinajstić information content (AvgIpc) is 3.34. The van der Waals surface area contributed by atoms with Crippen LogP contribution in [0.15, 0.2) is 30.5 Å². The second kappa shape index (κ2) is 7.05. The van der Waals surface area contributed by atoms with Gasteiger partial charge in [-0.2, -0.15) is 18.3 Å². The third-order valence-corrected chi connectivity index (χ3v) is 4.34. The molecule has 0 unspecified atom stereocenters. The Morgan fingerprint density at radius 3 is 2.37 bits per heavy atom. The smallest absolute Gasteiger partial charge is 0.434 e. The average molecular weight is 381 g/mol. The first kappa shape index (κ1) is 18.9. The van der Waals surface area contributed by atoms with Gasteiger partial charge >= 0.3 is 12.1 Å². The number of halogens is 3. The molecule has 1 aromatic carbocycles. The van der Waals surface area contributed by atoms with Crippen molar-refractivity contribution in [3.05, 3.63) is 47.3 Å². The number of hydrogen-bond donors (Lipinski definition) is 1. The Labute approximate surface area is 153 Å². The molecule has 1 amide bonds. The summed E-state index contributed by atoms with van der Waals surface area (Å²) in [5.74, 6) is -1.87. The molecule has 0 aliphatic heterocycles. The van der Waals surface area contributed by atoms with Crippen LogP contribution in [0, 0.1) is 0 Å². The molecule has 1 saturated carbocycles. The monoisotopic (exact) mass is 381 g/mol. The Bertz CT molecular complexity index is 855. The minimum Gasteiger partial charge on any atom is -0.478 e. The van der Waals surface area contributed by atoms with Crippen molar-refractivity contribution in [3.63, 3.8) is 0 Å². The lowest BCUT2D eigenvalue weighted by atomic mass is 10.1. The maximum atomic E-state index is 13.3. The van der Waals surface area contributed by atoms with Gasteiger partial charge in [0.25, 0.3) is 5.91 Å². The molecule has 9 heteroatoms. The molecule has 0 atom stereocenters. The molecule has 144 valence electrons. The predicted octanol–water partition coefficient (Wildman–Crippen LogP) is 3.60. The topological polar surface area (TPSA) is 75.4 Å². The first-order valence-electron chi connectivity index (χ1n) is 8.54. The lowest BCUT2D eigenvalue weighted by Crippen LogP contribution is -2.33. The Balaban J connectivity index is 1.92. The Kier molecular flexibility index (Phi) is 4.95. The summed E-state index contributed by atoms with van der Waals surface area (Å²) < 4.78 is 40.4. The summed E-state index contributed by atoms with van der Waals surface area (Å²) in [6.07, 6.45) is -1.47. The van der Waals surface area contributed by atoms with Gasteiger partial charge in [-0.25, -0.2) is 9.48 Å². The molecule has 1 fully saturated rings. The van der Waals surface area contributed by atoms with Gasteiger partial charge in [-0.05, 0) is 43.5 Å². The van der Waals surface area contributed by atoms with Gasteiger partial charge in [0.05, 0.1) is 11.9 Å². The number of rotatable bonds is 6. The first-order chi connectivity index (χ1) is 12.7. The number of aromatic carboxylic acids is 1. The van der Waals surface area contributed by atoms with Gasteiger partial charge in [0.2, 0.25) is 0 Å². The van der Waals surface area contributed by atoms with E-state index in [0.29, 0.717) is 23.0 Å². The molecule has 1 aliphatic rings. The maximum absolute atomic E-state index is 13.3. The molecular weight excluding hydrogens is 363 g/mol. The fourth-order valence-electron chi connectivity index (χ4n) is 2.96. The molecule has 3 rings (SSSR count). The fourth-order valence-corrected chi connectivity index (χ4v) is 2.96. The van der Waals surface area contributed by atoms with Crippen molar-refractivity contribution in [3.8, 4) is 5.69 Å². The van der Waals surface area contributed by atoms with E-state index in [-0.39, 0.29) is 17.6 Å². The van der Waals surface area contributed by atoms with Crippen LogP contribution in [-0.4, -0.2) is 44.3 Å². The quantitative estimate of drug-likeness (QED) is 0.830. The van der Waals surface area contributed by atoms with Gasteiger partial charge in [0, 0.05) is 18.2 Å². The van der Waals surface area contributed by atoms with E-state index in [4.69, 9.17) is 5.11 Å². The number of amides is 1. The van der Waals surface area contributed by atoms with Crippen molar-refractivity contribution in [1.29, 1.82) is 0 Å². The Morgan fingerprint density at radius 1 is 1.26 bits per heavy atom. The molecule has 1 heterocycles. The minimum absolute atomic E-state index is 0.0276. The highest BCUT2D eigenvalue weighted by Crippen LogP contribution is 2.34. The van der Waals surface area contributed by atoms with Crippen LogP contribution in [0.3, 0.4) is 0 Å². The standard InChI is InChI=1S/C18H18F3N3O3/c1-2-9-23(12-7-8-12)16(25)11-3-5-13(6-4-11)24-15(18(19,20)21)14(10-22-24)17(26)27/h3-6,10,12H,2,7-9H2,1H3,(H,26,27). The second-order valence-electron chi connectivity index (χ2n) is 6.40. The highest BCUT2D eigenvalue weighted by atomic mass is 19.4. The second-order valence-corrected chi connectivity index (χ2v) is 6.40. The molecule has 27 heavy (non-hydrogen) atoms. The normalized spacial score (nSPS) is 14.2. The Hall–Kier alpha value is -2.84. The van der Waals surface area contributed by atoms with Gasteiger partial charge in [-0.3, -0.25) is 4.79 Å². The van der Waals surface area contributed by atoms with Crippen molar-refractivity contribution in [1.82, 2.24) is 14.7 Å². The van der Waals surface area contributed by atoms with E-state index in [0.717, 1.165) is 19.3 Å². The van der Waals surface area contributed by atoms with Crippen molar-refractivity contribution < 1.29 is 27.9 Å². The summed E-state index contributed by atoms with van der Waals surface area (Å²) in [5.41, 5.74) is -1.89. The summed E-state index contributed by atoms with van der Waals surface area (Å²) >= 11 is 0. The molecule has 0 saturated heterocycles. The molecule has 1 N–H and O–H groups in total. The van der Waals surface area contributed by atoms with Gasteiger partial charge in [0.15, 0.2) is 5.69 Å². The number of nitrogens with zero attached hydrogens (tertiary/aromatic N) is 3. The maximum Gasteiger partial charge on any atom is 0.434 e. The van der Waals surface area contributed by atoms with Gasteiger partial charge in [-0.15, -0.1) is 0 Å². The summed E-state index contributed by atoms with van der Waals surface area (Å²) in [4.78, 5) is 25.5. The van der Waals surface area contributed by atoms with Gasteiger partial charge in [-0.1, -0.05) is 6.92 Å². The van der Waals surface area contributed by atoms with Crippen molar-refractivity contribution >= 4 is 11.9 Å². The molecule has 1 aromatic heterocycles. The van der Waals surface area contributed by atoms with Crippen molar-refractivity contribution in [2.45, 2.75) is 38.4 Å². The summed E-state index contributed by atoms with van der Waals surface area (Å²) in [6, 6.07) is 5.77. The van der Waals surface area contributed by atoms with E-state index >= 15 is 0 Å². The van der Waals surface area contributed by atoms with Crippen LogP contribution in [0.2, 0.25) is 0 Å². The van der Waals surface area contributed by atoms with Crippen LogP contribution in [0.4, 0.5) is 13.2 Å². The minimum atomic E-state index is -4.89. The van der Waals surface area contributed by atoms with Crippen LogP contribution in [0.25, 0.3) is 5.69 Å². The number of aromatic nitrogens is 2. The van der Waals surface area contributed by atoms with E-state index < -0.39 is 23.4 Å². The zero-order valence-corrected chi connectivity index (χ0v) is 14.5. The molecule has 0 spiro atoms. The summed E-state index contributed by atoms with van der Waals surface area (Å²) in [6.45, 7) is 2.60. The lowest BCUT2D eigenvalue weighted by molar-refractivity contribution is -0.143. The number of benzene rings is 1. The number of carboxylic acids is 1. The van der Waals surface area contributed by atoms with Crippen molar-refractivity contribution in [2.24, 2.45) is 0 Å². The SMILES string of the molecule is CCCN(C(=O)c1ccc(-n2ncc(C(=O)O)c2C(F)(F)F)cc1)C1CC1. The molecule has 1 aliphatic carbocycles. The van der Waals surface area contributed by atoms with Crippen LogP contribution in [-0.2, 0) is 6.18 Å². The van der Waals surface area contributed by atoms with Gasteiger partial charge < -0.3 is 10.0 Å². The lowest BCUT2D eigenvalue weighted by Gasteiger charge is -2.22. The third-order valence-electron chi connectivity index (χ3n) is 4.34. The zero-order valence-electron chi connectivity index (χ0n) is 14.5. The van der Waals surface area contributed by atoms with E-state index in [9.17, 15) is 22.8 Å². The molecule has 2 aromatic rings. The predicted molar refractivity (Wildman–Crippen MR) is 89.9 cm³/mol. The highest BCUT2D eigenvalue weighted by molar-refractivity contribution is 5.95. The highest BCUT2D eigenvalue weighted by Gasteiger charge is 2.40. The fraction of sp³-hybridized carbons (Fsp3) is 0.389. The van der Waals surface area contributed by atoms with Gasteiger partial charge in [0.1, 0.15) is 5.56 Å². The molecule has 0 radical (unpaired) electrons. The van der Waals surface area contributed by atoms with E-state index in [1.165, 1.54) is 24.3 Å². The third kappa shape index (κ3) is 3.81. The van der Waals surface area contributed by atoms with Crippen LogP contribution in [0.1, 0.15) is 52.6 Å². The van der Waals surface area contributed by atoms with Crippen LogP contribution >= 0.6 is 0 Å². The molecule has 6 nitrogen and oxygen atoms in total. The number of carboxylic acid groups (broad SMARTS) is 1. The zero-order chi connectivity index (χ0) is 19.8. The van der Waals surface area contributed by atoms with Crippen LogP contribution < -0.4 is 0 Å². The van der Waals surface area contributed by atoms with E-state index in [2.05, 4.69) is 5.10 Å². The molecular formula is C18H18F3N3O3. The van der Waals surface area contributed by atoms with E-state index in [1.54, 1.807) is 4.90 Å².